The number of carbonyl (C=O) groups is 1. The van der Waals surface area contributed by atoms with Crippen molar-refractivity contribution in [1.82, 2.24) is 4.57 Å². The van der Waals surface area contributed by atoms with Gasteiger partial charge in [-0.2, -0.15) is 0 Å². The van der Waals surface area contributed by atoms with Gasteiger partial charge in [-0.05, 0) is 49.8 Å². The minimum absolute atomic E-state index is 0.0834. The molecule has 0 bridgehead atoms. The lowest BCUT2D eigenvalue weighted by Gasteiger charge is -2.22. The molecule has 1 atom stereocenters. The summed E-state index contributed by atoms with van der Waals surface area (Å²) >= 11 is 1.20. The molecule has 0 unspecified atom stereocenters. The Bertz CT molecular complexity index is 1800. The summed E-state index contributed by atoms with van der Waals surface area (Å²) in [5.74, 6) is 0.736. The number of hydrogen-bond acceptors (Lipinski definition) is 9. The largest absolute Gasteiger partial charge is 0.497 e. The maximum absolute atomic E-state index is 13.7. The molecule has 2 aromatic heterocycles. The zero-order valence-electron chi connectivity index (χ0n) is 21.2. The van der Waals surface area contributed by atoms with Gasteiger partial charge in [0.25, 0.3) is 11.2 Å². The van der Waals surface area contributed by atoms with Gasteiger partial charge in [0.15, 0.2) is 4.80 Å². The number of methoxy groups -OCH3 is 1. The molecule has 0 radical (unpaired) electrons. The highest BCUT2D eigenvalue weighted by Gasteiger charge is 2.35. The minimum atomic E-state index is -0.939. The van der Waals surface area contributed by atoms with Crippen LogP contribution >= 0.6 is 11.3 Å². The number of hydrogen-bond donors (Lipinski definition) is 0. The second kappa shape index (κ2) is 10.5. The number of allylic oxidation sites excluding steroid dienone is 1. The molecule has 4 aromatic rings. The lowest BCUT2D eigenvalue weighted by Crippen LogP contribution is -2.39. The fraction of sp³-hybridized carbons (Fsp3) is 0.179. The van der Waals surface area contributed by atoms with E-state index >= 15 is 0 Å². The van der Waals surface area contributed by atoms with Crippen LogP contribution in [0.3, 0.4) is 0 Å². The number of nitro benzene ring substituents is 1. The lowest BCUT2D eigenvalue weighted by atomic mass is 10.0. The molecule has 11 heteroatoms. The first-order chi connectivity index (χ1) is 18.8. The molecule has 0 N–H and O–H groups in total. The molecular formula is C28H23N3O7S. The predicted molar refractivity (Wildman–Crippen MR) is 144 cm³/mol. The lowest BCUT2D eigenvalue weighted by molar-refractivity contribution is -0.384. The van der Waals surface area contributed by atoms with Gasteiger partial charge in [-0.1, -0.05) is 35.6 Å². The van der Waals surface area contributed by atoms with Crippen molar-refractivity contribution in [3.05, 3.63) is 113 Å². The molecule has 0 aliphatic carbocycles. The van der Waals surface area contributed by atoms with Gasteiger partial charge in [0.1, 0.15) is 23.3 Å². The molecule has 1 aliphatic heterocycles. The number of esters is 1. The van der Waals surface area contributed by atoms with Crippen molar-refractivity contribution < 1.29 is 23.6 Å². The van der Waals surface area contributed by atoms with E-state index in [1.54, 1.807) is 63.4 Å². The van der Waals surface area contributed by atoms with Crippen molar-refractivity contribution in [2.45, 2.75) is 19.9 Å². The molecular weight excluding hydrogens is 522 g/mol. The third-order valence-corrected chi connectivity index (χ3v) is 7.15. The number of nitro groups is 1. The van der Waals surface area contributed by atoms with E-state index in [-0.39, 0.29) is 23.4 Å². The van der Waals surface area contributed by atoms with Crippen LogP contribution in [0.25, 0.3) is 17.4 Å². The van der Waals surface area contributed by atoms with Crippen LogP contribution in [0.2, 0.25) is 0 Å². The number of rotatable bonds is 7. The topological polar surface area (TPSA) is 126 Å². The van der Waals surface area contributed by atoms with Crippen LogP contribution in [0, 0.1) is 10.1 Å². The molecule has 5 rings (SSSR count). The molecule has 39 heavy (non-hydrogen) atoms. The molecule has 10 nitrogen and oxygen atoms in total. The van der Waals surface area contributed by atoms with Crippen LogP contribution in [0.5, 0.6) is 5.75 Å². The number of fused-ring (bicyclic) bond motifs is 1. The Balaban J connectivity index is 1.66. The molecule has 198 valence electrons. The number of benzene rings is 2. The summed E-state index contributed by atoms with van der Waals surface area (Å²) in [6, 6.07) is 15.7. The van der Waals surface area contributed by atoms with Crippen LogP contribution in [0.15, 0.2) is 86.1 Å². The monoisotopic (exact) mass is 545 g/mol. The average molecular weight is 546 g/mol. The molecule has 0 saturated carbocycles. The van der Waals surface area contributed by atoms with E-state index < -0.39 is 16.9 Å². The van der Waals surface area contributed by atoms with Crippen LogP contribution in [0.4, 0.5) is 5.69 Å². The third kappa shape index (κ3) is 4.91. The fourth-order valence-electron chi connectivity index (χ4n) is 4.34. The zero-order valence-corrected chi connectivity index (χ0v) is 22.1. The second-order valence-corrected chi connectivity index (χ2v) is 9.59. The SMILES string of the molecule is CCOC(=O)C1=C(C)N=c2s/c(=C\c3ccc(OC)cc3)c(=O)n2[C@H]1c1ccc(-c2cccc([N+](=O)[O-])c2)o1. The fourth-order valence-corrected chi connectivity index (χ4v) is 5.39. The number of non-ortho nitro benzene ring substituents is 1. The summed E-state index contributed by atoms with van der Waals surface area (Å²) in [5, 5.41) is 11.3. The Hall–Kier alpha value is -4.77. The molecule has 1 aliphatic rings. The summed E-state index contributed by atoms with van der Waals surface area (Å²) in [6.45, 7) is 3.52. The van der Waals surface area contributed by atoms with Crippen LogP contribution in [0.1, 0.15) is 31.2 Å². The summed E-state index contributed by atoms with van der Waals surface area (Å²) in [7, 11) is 1.58. The molecule has 2 aromatic carbocycles. The van der Waals surface area contributed by atoms with E-state index in [1.807, 2.05) is 12.1 Å². The number of thiazole rings is 1. The zero-order chi connectivity index (χ0) is 27.7. The summed E-state index contributed by atoms with van der Waals surface area (Å²) in [5.41, 5.74) is 1.44. The van der Waals surface area contributed by atoms with Crippen molar-refractivity contribution >= 4 is 29.1 Å². The van der Waals surface area contributed by atoms with E-state index in [2.05, 4.69) is 4.99 Å². The standard InChI is InChI=1S/C28H23N3O7S/c1-4-37-27(33)24-16(2)29-28-30(26(32)23(39-28)14-17-8-10-20(36-3)11-9-17)25(24)22-13-12-21(38-22)18-6-5-7-19(15-18)31(34)35/h5-15,25H,4H2,1-3H3/b23-14-/t25-/m0/s1. The van der Waals surface area contributed by atoms with Crippen molar-refractivity contribution in [2.75, 3.05) is 13.7 Å². The Morgan fingerprint density at radius 3 is 2.67 bits per heavy atom. The smallest absolute Gasteiger partial charge is 0.338 e. The van der Waals surface area contributed by atoms with Crippen molar-refractivity contribution in [1.29, 1.82) is 0 Å². The number of carbonyl (C=O) groups excluding carboxylic acids is 1. The second-order valence-electron chi connectivity index (χ2n) is 8.58. The van der Waals surface area contributed by atoms with Crippen molar-refractivity contribution in [2.24, 2.45) is 4.99 Å². The normalized spacial score (nSPS) is 15.1. The van der Waals surface area contributed by atoms with E-state index in [0.29, 0.717) is 37.9 Å². The third-order valence-electron chi connectivity index (χ3n) is 6.17. The number of nitrogens with zero attached hydrogens (tertiary/aromatic N) is 3. The highest BCUT2D eigenvalue weighted by atomic mass is 32.1. The first-order valence-corrected chi connectivity index (χ1v) is 12.8. The first-order valence-electron chi connectivity index (χ1n) is 12.0. The maximum Gasteiger partial charge on any atom is 0.338 e. The number of aromatic nitrogens is 1. The van der Waals surface area contributed by atoms with E-state index in [9.17, 15) is 19.7 Å². The van der Waals surface area contributed by atoms with Crippen molar-refractivity contribution in [3.8, 4) is 17.1 Å². The highest BCUT2D eigenvalue weighted by molar-refractivity contribution is 7.07. The molecule has 0 saturated heterocycles. The van der Waals surface area contributed by atoms with Gasteiger partial charge in [0.05, 0.1) is 34.4 Å². The first kappa shape index (κ1) is 25.9. The van der Waals surface area contributed by atoms with Crippen molar-refractivity contribution in [3.63, 3.8) is 0 Å². The Morgan fingerprint density at radius 1 is 1.21 bits per heavy atom. The van der Waals surface area contributed by atoms with Gasteiger partial charge in [-0.15, -0.1) is 0 Å². The van der Waals surface area contributed by atoms with E-state index in [0.717, 1.165) is 5.56 Å². The van der Waals surface area contributed by atoms with Gasteiger partial charge in [-0.3, -0.25) is 19.5 Å². The maximum atomic E-state index is 13.7. The van der Waals surface area contributed by atoms with Gasteiger partial charge >= 0.3 is 5.97 Å². The molecule has 0 spiro atoms. The van der Waals surface area contributed by atoms with E-state index in [1.165, 1.54) is 28.0 Å². The summed E-state index contributed by atoms with van der Waals surface area (Å²) in [6.07, 6.45) is 1.75. The molecule has 0 fully saturated rings. The van der Waals surface area contributed by atoms with Gasteiger partial charge < -0.3 is 13.9 Å². The average Bonchev–Trinajstić information content (AvgIpc) is 3.53. The number of ether oxygens (including phenoxy) is 2. The van der Waals surface area contributed by atoms with Crippen LogP contribution in [-0.4, -0.2) is 29.2 Å². The quantitative estimate of drug-likeness (QED) is 0.195. The molecule has 0 amide bonds. The van der Waals surface area contributed by atoms with Crippen LogP contribution < -0.4 is 19.6 Å². The Kier molecular flexibility index (Phi) is 6.99. The predicted octanol–water partition coefficient (Wildman–Crippen LogP) is 3.98. The minimum Gasteiger partial charge on any atom is -0.497 e. The highest BCUT2D eigenvalue weighted by Crippen LogP contribution is 2.34. The summed E-state index contributed by atoms with van der Waals surface area (Å²) in [4.78, 5) is 42.5. The van der Waals surface area contributed by atoms with Gasteiger partial charge in [-0.25, -0.2) is 9.79 Å². The Labute approximate surface area is 225 Å². The van der Waals surface area contributed by atoms with E-state index in [4.69, 9.17) is 13.9 Å². The molecule has 3 heterocycles. The van der Waals surface area contributed by atoms with Gasteiger partial charge in [0.2, 0.25) is 0 Å². The van der Waals surface area contributed by atoms with Gasteiger partial charge in [0, 0.05) is 17.7 Å². The van der Waals surface area contributed by atoms with Crippen LogP contribution in [-0.2, 0) is 9.53 Å². The Morgan fingerprint density at radius 2 is 1.97 bits per heavy atom. The number of furan rings is 1. The summed E-state index contributed by atoms with van der Waals surface area (Å²) < 4.78 is 18.5.